The van der Waals surface area contributed by atoms with Gasteiger partial charge in [-0.05, 0) is 31.5 Å². The van der Waals surface area contributed by atoms with Crippen molar-refractivity contribution in [3.8, 4) is 0 Å². The van der Waals surface area contributed by atoms with E-state index < -0.39 is 0 Å². The Bertz CT molecular complexity index is 582. The number of halogens is 2. The van der Waals surface area contributed by atoms with Crippen LogP contribution in [-0.2, 0) is 10.2 Å². The number of hydrogen-bond donors (Lipinski definition) is 0. The second-order valence-electron chi connectivity index (χ2n) is 5.41. The summed E-state index contributed by atoms with van der Waals surface area (Å²) < 4.78 is 7.00. The molecule has 1 heterocycles. The number of alkyl halides is 1. The van der Waals surface area contributed by atoms with Gasteiger partial charge in [0.05, 0.1) is 16.3 Å². The topological polar surface area (TPSA) is 22.1 Å². The van der Waals surface area contributed by atoms with Gasteiger partial charge in [0.1, 0.15) is 5.01 Å². The van der Waals surface area contributed by atoms with E-state index in [4.69, 9.17) is 32.9 Å². The van der Waals surface area contributed by atoms with Crippen LogP contribution in [0, 0.1) is 0 Å². The number of thiazole rings is 1. The molecule has 0 aliphatic rings. The van der Waals surface area contributed by atoms with Gasteiger partial charge in [0, 0.05) is 22.9 Å². The lowest BCUT2D eigenvalue weighted by atomic mass is 9.88. The molecule has 1 unspecified atom stereocenters. The predicted molar refractivity (Wildman–Crippen MR) is 88.4 cm³/mol. The van der Waals surface area contributed by atoms with Gasteiger partial charge >= 0.3 is 0 Å². The number of rotatable bonds is 6. The lowest BCUT2D eigenvalue weighted by Gasteiger charge is -2.29. The van der Waals surface area contributed by atoms with Gasteiger partial charge in [-0.2, -0.15) is 0 Å². The summed E-state index contributed by atoms with van der Waals surface area (Å²) in [5.74, 6) is 0.632. The predicted octanol–water partition coefficient (Wildman–Crippen LogP) is 5.26. The van der Waals surface area contributed by atoms with Gasteiger partial charge < -0.3 is 4.74 Å². The van der Waals surface area contributed by atoms with Gasteiger partial charge in [0.15, 0.2) is 0 Å². The van der Waals surface area contributed by atoms with Gasteiger partial charge in [-0.3, -0.25) is 0 Å². The Kier molecular flexibility index (Phi) is 5.30. The highest BCUT2D eigenvalue weighted by molar-refractivity contribution is 7.18. The summed E-state index contributed by atoms with van der Waals surface area (Å²) in [6.45, 7) is 7.10. The van der Waals surface area contributed by atoms with Crippen molar-refractivity contribution in [2.24, 2.45) is 0 Å². The molecule has 0 bridgehead atoms. The first-order chi connectivity index (χ1) is 9.45. The first kappa shape index (κ1) is 16.0. The Morgan fingerprint density at radius 2 is 2.15 bits per heavy atom. The number of fused-ring (bicyclic) bond motifs is 1. The second kappa shape index (κ2) is 6.61. The van der Waals surface area contributed by atoms with Crippen molar-refractivity contribution in [2.75, 3.05) is 12.5 Å². The number of hydrogen-bond acceptors (Lipinski definition) is 3. The number of nitrogens with zero attached hydrogens (tertiary/aromatic N) is 1. The molecule has 20 heavy (non-hydrogen) atoms. The Balaban J connectivity index is 2.21. The molecule has 110 valence electrons. The van der Waals surface area contributed by atoms with Crippen LogP contribution in [0.15, 0.2) is 18.2 Å². The van der Waals surface area contributed by atoms with Crippen LogP contribution in [0.4, 0.5) is 0 Å². The lowest BCUT2D eigenvalue weighted by Crippen LogP contribution is -2.33. The monoisotopic (exact) mass is 331 g/mol. The molecule has 0 radical (unpaired) electrons. The van der Waals surface area contributed by atoms with Gasteiger partial charge in [0.25, 0.3) is 0 Å². The molecule has 0 spiro atoms. The molecule has 0 saturated carbocycles. The van der Waals surface area contributed by atoms with E-state index in [1.807, 2.05) is 18.2 Å². The summed E-state index contributed by atoms with van der Waals surface area (Å²) in [6.07, 6.45) is 0.957. The first-order valence-corrected chi connectivity index (χ1v) is 8.42. The number of benzene rings is 1. The SMILES string of the molecule is CC(OCCCCl)C(C)(C)c1nc2ccc(Cl)cc2s1. The van der Waals surface area contributed by atoms with E-state index in [9.17, 15) is 0 Å². The second-order valence-corrected chi connectivity index (χ2v) is 7.25. The van der Waals surface area contributed by atoms with Crippen LogP contribution in [0.25, 0.3) is 10.2 Å². The molecule has 0 N–H and O–H groups in total. The van der Waals surface area contributed by atoms with Crippen LogP contribution in [0.5, 0.6) is 0 Å². The zero-order valence-electron chi connectivity index (χ0n) is 12.0. The van der Waals surface area contributed by atoms with Crippen LogP contribution in [0.3, 0.4) is 0 Å². The fraction of sp³-hybridized carbons (Fsp3) is 0.533. The van der Waals surface area contributed by atoms with Crippen molar-refractivity contribution in [1.82, 2.24) is 4.98 Å². The maximum atomic E-state index is 6.03. The van der Waals surface area contributed by atoms with E-state index in [-0.39, 0.29) is 11.5 Å². The number of ether oxygens (including phenoxy) is 1. The molecule has 2 aromatic rings. The van der Waals surface area contributed by atoms with Crippen molar-refractivity contribution in [3.63, 3.8) is 0 Å². The van der Waals surface area contributed by atoms with Crippen molar-refractivity contribution < 1.29 is 4.74 Å². The quantitative estimate of drug-likeness (QED) is 0.532. The molecule has 1 atom stereocenters. The van der Waals surface area contributed by atoms with Crippen molar-refractivity contribution in [1.29, 1.82) is 0 Å². The van der Waals surface area contributed by atoms with Gasteiger partial charge in [-0.15, -0.1) is 22.9 Å². The average Bonchev–Trinajstić information content (AvgIpc) is 2.82. The normalized spacial score (nSPS) is 13.8. The first-order valence-electron chi connectivity index (χ1n) is 6.69. The summed E-state index contributed by atoms with van der Waals surface area (Å²) >= 11 is 13.4. The Morgan fingerprint density at radius 3 is 2.85 bits per heavy atom. The molecule has 1 aromatic heterocycles. The zero-order chi connectivity index (χ0) is 14.8. The fourth-order valence-electron chi connectivity index (χ4n) is 1.87. The minimum atomic E-state index is -0.136. The molecule has 1 aromatic carbocycles. The Labute approximate surface area is 134 Å². The van der Waals surface area contributed by atoms with E-state index in [1.165, 1.54) is 0 Å². The number of aromatic nitrogens is 1. The third kappa shape index (κ3) is 3.45. The lowest BCUT2D eigenvalue weighted by molar-refractivity contribution is 0.0203. The van der Waals surface area contributed by atoms with Crippen molar-refractivity contribution >= 4 is 44.8 Å². The summed E-state index contributed by atoms with van der Waals surface area (Å²) in [5, 5.41) is 1.82. The van der Waals surface area contributed by atoms with Gasteiger partial charge in [-0.1, -0.05) is 25.4 Å². The molecule has 0 aliphatic heterocycles. The van der Waals surface area contributed by atoms with Gasteiger partial charge in [-0.25, -0.2) is 4.98 Å². The summed E-state index contributed by atoms with van der Waals surface area (Å²) in [6, 6.07) is 5.81. The molecule has 0 aliphatic carbocycles. The van der Waals surface area contributed by atoms with E-state index in [0.717, 1.165) is 26.7 Å². The van der Waals surface area contributed by atoms with E-state index in [2.05, 4.69) is 20.8 Å². The van der Waals surface area contributed by atoms with Crippen molar-refractivity contribution in [2.45, 2.75) is 38.7 Å². The summed E-state index contributed by atoms with van der Waals surface area (Å²) in [7, 11) is 0. The third-order valence-corrected chi connectivity index (χ3v) is 5.42. The minimum Gasteiger partial charge on any atom is -0.377 e. The van der Waals surface area contributed by atoms with E-state index in [0.29, 0.717) is 12.5 Å². The summed E-state index contributed by atoms with van der Waals surface area (Å²) in [5.41, 5.74) is 0.859. The highest BCUT2D eigenvalue weighted by Gasteiger charge is 2.32. The highest BCUT2D eigenvalue weighted by atomic mass is 35.5. The molecule has 2 nitrogen and oxygen atoms in total. The molecule has 2 rings (SSSR count). The molecule has 0 fully saturated rings. The maximum absolute atomic E-state index is 6.03. The van der Waals surface area contributed by atoms with Gasteiger partial charge in [0.2, 0.25) is 0 Å². The van der Waals surface area contributed by atoms with Crippen LogP contribution in [0.1, 0.15) is 32.2 Å². The largest absolute Gasteiger partial charge is 0.377 e. The summed E-state index contributed by atoms with van der Waals surface area (Å²) in [4.78, 5) is 4.73. The molecule has 0 saturated heterocycles. The Morgan fingerprint density at radius 1 is 1.40 bits per heavy atom. The molecular weight excluding hydrogens is 313 g/mol. The maximum Gasteiger partial charge on any atom is 0.102 e. The van der Waals surface area contributed by atoms with Crippen LogP contribution in [0.2, 0.25) is 5.02 Å². The van der Waals surface area contributed by atoms with Crippen LogP contribution in [-0.4, -0.2) is 23.6 Å². The fourth-order valence-corrected chi connectivity index (χ4v) is 3.40. The van der Waals surface area contributed by atoms with E-state index in [1.54, 1.807) is 11.3 Å². The Hall–Kier alpha value is -0.350. The minimum absolute atomic E-state index is 0.0850. The smallest absolute Gasteiger partial charge is 0.102 e. The van der Waals surface area contributed by atoms with Crippen LogP contribution >= 0.6 is 34.5 Å². The molecule has 0 amide bonds. The average molecular weight is 332 g/mol. The third-order valence-electron chi connectivity index (χ3n) is 3.56. The standard InChI is InChI=1S/C15H19Cl2NOS/c1-10(19-8-4-7-16)15(2,3)14-18-12-6-5-11(17)9-13(12)20-14/h5-6,9-10H,4,7-8H2,1-3H3. The van der Waals surface area contributed by atoms with Crippen LogP contribution < -0.4 is 0 Å². The van der Waals surface area contributed by atoms with Crippen molar-refractivity contribution in [3.05, 3.63) is 28.2 Å². The molecule has 5 heteroatoms. The highest BCUT2D eigenvalue weighted by Crippen LogP contribution is 2.35. The molecular formula is C15H19Cl2NOS. The zero-order valence-corrected chi connectivity index (χ0v) is 14.3. The van der Waals surface area contributed by atoms with E-state index >= 15 is 0 Å².